The van der Waals surface area contributed by atoms with Gasteiger partial charge in [0.25, 0.3) is 0 Å². The van der Waals surface area contributed by atoms with Gasteiger partial charge in [-0.1, -0.05) is 12.2 Å². The van der Waals surface area contributed by atoms with Gasteiger partial charge in [0.1, 0.15) is 10.8 Å². The third-order valence-electron chi connectivity index (χ3n) is 1.14. The van der Waals surface area contributed by atoms with E-state index < -0.39 is 0 Å². The summed E-state index contributed by atoms with van der Waals surface area (Å²) >= 11 is 4.91. The SMILES string of the molecule is CNC(=S)c1cn[nH]c1N. The molecule has 0 radical (unpaired) electrons. The van der Waals surface area contributed by atoms with Crippen LogP contribution in [0.2, 0.25) is 0 Å². The van der Waals surface area contributed by atoms with Crippen LogP contribution in [0.4, 0.5) is 5.82 Å². The molecule has 4 nitrogen and oxygen atoms in total. The average molecular weight is 156 g/mol. The molecule has 0 atom stereocenters. The predicted octanol–water partition coefficient (Wildman–Crippen LogP) is -0.113. The number of rotatable bonds is 1. The molecule has 0 unspecified atom stereocenters. The quantitative estimate of drug-likeness (QED) is 0.496. The Kier molecular flexibility index (Phi) is 1.86. The van der Waals surface area contributed by atoms with Gasteiger partial charge < -0.3 is 11.1 Å². The van der Waals surface area contributed by atoms with Crippen molar-refractivity contribution < 1.29 is 0 Å². The van der Waals surface area contributed by atoms with Gasteiger partial charge >= 0.3 is 0 Å². The lowest BCUT2D eigenvalue weighted by molar-refractivity contribution is 1.10. The van der Waals surface area contributed by atoms with Gasteiger partial charge in [-0.2, -0.15) is 5.10 Å². The summed E-state index contributed by atoms with van der Waals surface area (Å²) in [6.45, 7) is 0. The zero-order valence-electron chi connectivity index (χ0n) is 5.51. The van der Waals surface area contributed by atoms with E-state index in [0.717, 1.165) is 5.56 Å². The van der Waals surface area contributed by atoms with Crippen molar-refractivity contribution in [3.8, 4) is 0 Å². The third kappa shape index (κ3) is 1.08. The number of nitrogen functional groups attached to an aromatic ring is 1. The highest BCUT2D eigenvalue weighted by Crippen LogP contribution is 2.05. The van der Waals surface area contributed by atoms with Crippen LogP contribution in [0.1, 0.15) is 5.56 Å². The molecule has 1 rings (SSSR count). The van der Waals surface area contributed by atoms with E-state index in [1.807, 2.05) is 0 Å². The van der Waals surface area contributed by atoms with E-state index in [9.17, 15) is 0 Å². The van der Waals surface area contributed by atoms with E-state index in [1.54, 1.807) is 13.2 Å². The number of H-pyrrole nitrogens is 1. The summed E-state index contributed by atoms with van der Waals surface area (Å²) in [5.74, 6) is 0.499. The second-order valence-electron chi connectivity index (χ2n) is 1.78. The number of anilines is 1. The fourth-order valence-corrected chi connectivity index (χ4v) is 0.774. The van der Waals surface area contributed by atoms with Crippen LogP contribution >= 0.6 is 12.2 Å². The van der Waals surface area contributed by atoms with Crippen molar-refractivity contribution in [2.45, 2.75) is 0 Å². The molecule has 1 aromatic heterocycles. The van der Waals surface area contributed by atoms with Crippen LogP contribution in [0.3, 0.4) is 0 Å². The Bertz CT molecular complexity index is 242. The van der Waals surface area contributed by atoms with Crippen LogP contribution in [0.25, 0.3) is 0 Å². The van der Waals surface area contributed by atoms with Gasteiger partial charge in [0.15, 0.2) is 0 Å². The Morgan fingerprint density at radius 1 is 1.90 bits per heavy atom. The number of aromatic amines is 1. The molecule has 1 heterocycles. The van der Waals surface area contributed by atoms with Crippen LogP contribution in [0.15, 0.2) is 6.20 Å². The molecule has 5 heteroatoms. The fourth-order valence-electron chi connectivity index (χ4n) is 0.612. The van der Waals surface area contributed by atoms with Gasteiger partial charge in [-0.3, -0.25) is 5.10 Å². The van der Waals surface area contributed by atoms with E-state index in [0.29, 0.717) is 10.8 Å². The molecular formula is C5H8N4S. The van der Waals surface area contributed by atoms with E-state index in [4.69, 9.17) is 18.0 Å². The van der Waals surface area contributed by atoms with Crippen LogP contribution in [-0.2, 0) is 0 Å². The maximum Gasteiger partial charge on any atom is 0.129 e. The highest BCUT2D eigenvalue weighted by Gasteiger charge is 2.03. The minimum Gasteiger partial charge on any atom is -0.383 e. The third-order valence-corrected chi connectivity index (χ3v) is 1.56. The lowest BCUT2D eigenvalue weighted by Gasteiger charge is -1.97. The first-order chi connectivity index (χ1) is 4.75. The molecule has 0 amide bonds. The zero-order valence-corrected chi connectivity index (χ0v) is 6.33. The smallest absolute Gasteiger partial charge is 0.129 e. The summed E-state index contributed by atoms with van der Waals surface area (Å²) in [5.41, 5.74) is 6.22. The topological polar surface area (TPSA) is 66.7 Å². The van der Waals surface area contributed by atoms with Gasteiger partial charge in [0.05, 0.1) is 11.8 Å². The maximum atomic E-state index is 5.47. The van der Waals surface area contributed by atoms with E-state index in [-0.39, 0.29) is 0 Å². The molecule has 4 N–H and O–H groups in total. The number of nitrogens with one attached hydrogen (secondary N) is 2. The second-order valence-corrected chi connectivity index (χ2v) is 2.18. The fraction of sp³-hybridized carbons (Fsp3) is 0.200. The highest BCUT2D eigenvalue weighted by atomic mass is 32.1. The number of hydrogen-bond donors (Lipinski definition) is 3. The van der Waals surface area contributed by atoms with Crippen LogP contribution < -0.4 is 11.1 Å². The molecular weight excluding hydrogens is 148 g/mol. The summed E-state index contributed by atoms with van der Waals surface area (Å²) < 4.78 is 0. The first-order valence-electron chi connectivity index (χ1n) is 2.76. The van der Waals surface area contributed by atoms with Crippen molar-refractivity contribution in [2.75, 3.05) is 12.8 Å². The maximum absolute atomic E-state index is 5.47. The zero-order chi connectivity index (χ0) is 7.56. The Balaban J connectivity index is 2.93. The molecule has 0 aromatic carbocycles. The summed E-state index contributed by atoms with van der Waals surface area (Å²) in [5, 5.41) is 9.10. The molecule has 10 heavy (non-hydrogen) atoms. The van der Waals surface area contributed by atoms with E-state index in [2.05, 4.69) is 15.5 Å². The first-order valence-corrected chi connectivity index (χ1v) is 3.17. The normalized spacial score (nSPS) is 9.30. The predicted molar refractivity (Wildman–Crippen MR) is 43.8 cm³/mol. The van der Waals surface area contributed by atoms with Crippen LogP contribution in [0, 0.1) is 0 Å². The van der Waals surface area contributed by atoms with Crippen molar-refractivity contribution in [1.82, 2.24) is 15.5 Å². The molecule has 0 saturated carbocycles. The molecule has 0 spiro atoms. The summed E-state index contributed by atoms with van der Waals surface area (Å²) in [4.78, 5) is 0.603. The summed E-state index contributed by atoms with van der Waals surface area (Å²) in [7, 11) is 1.74. The number of hydrogen-bond acceptors (Lipinski definition) is 3. The first kappa shape index (κ1) is 7.01. The van der Waals surface area contributed by atoms with Gasteiger partial charge in [-0.25, -0.2) is 0 Å². The number of nitrogens with two attached hydrogens (primary N) is 1. The van der Waals surface area contributed by atoms with Gasteiger partial charge in [0, 0.05) is 7.05 Å². The Morgan fingerprint density at radius 2 is 2.60 bits per heavy atom. The van der Waals surface area contributed by atoms with Crippen molar-refractivity contribution >= 4 is 23.0 Å². The largest absolute Gasteiger partial charge is 0.383 e. The Morgan fingerprint density at radius 3 is 3.00 bits per heavy atom. The van der Waals surface area contributed by atoms with Gasteiger partial charge in [-0.15, -0.1) is 0 Å². The number of aromatic nitrogens is 2. The molecule has 1 aromatic rings. The minimum absolute atomic E-state index is 0.499. The Hall–Kier alpha value is -1.10. The molecule has 0 aliphatic heterocycles. The van der Waals surface area contributed by atoms with E-state index in [1.165, 1.54) is 0 Å². The highest BCUT2D eigenvalue weighted by molar-refractivity contribution is 7.80. The lowest BCUT2D eigenvalue weighted by Crippen LogP contribution is -2.16. The lowest BCUT2D eigenvalue weighted by atomic mass is 10.3. The molecule has 0 bridgehead atoms. The minimum atomic E-state index is 0.499. The summed E-state index contributed by atoms with van der Waals surface area (Å²) in [6, 6.07) is 0. The molecule has 0 fully saturated rings. The number of thiocarbonyl (C=S) groups is 1. The monoisotopic (exact) mass is 156 g/mol. The molecule has 0 aliphatic rings. The van der Waals surface area contributed by atoms with Gasteiger partial charge in [0.2, 0.25) is 0 Å². The number of nitrogens with zero attached hydrogens (tertiary/aromatic N) is 1. The van der Waals surface area contributed by atoms with Gasteiger partial charge in [-0.05, 0) is 0 Å². The van der Waals surface area contributed by atoms with Crippen molar-refractivity contribution in [3.05, 3.63) is 11.8 Å². The van der Waals surface area contributed by atoms with E-state index >= 15 is 0 Å². The van der Waals surface area contributed by atoms with Crippen molar-refractivity contribution in [2.24, 2.45) is 0 Å². The van der Waals surface area contributed by atoms with Crippen molar-refractivity contribution in [3.63, 3.8) is 0 Å². The summed E-state index contributed by atoms with van der Waals surface area (Å²) in [6.07, 6.45) is 1.59. The standard InChI is InChI=1S/C5H8N4S/c1-7-5(10)3-2-8-9-4(3)6/h2H,1H3,(H,7,10)(H3,6,8,9). The molecule has 54 valence electrons. The van der Waals surface area contributed by atoms with Crippen molar-refractivity contribution in [1.29, 1.82) is 0 Å². The second kappa shape index (κ2) is 2.66. The molecule has 0 aliphatic carbocycles. The van der Waals surface area contributed by atoms with Crippen LogP contribution in [0.5, 0.6) is 0 Å². The van der Waals surface area contributed by atoms with Crippen LogP contribution in [-0.4, -0.2) is 22.2 Å². The average Bonchev–Trinajstić information content (AvgIpc) is 2.34. The Labute approximate surface area is 63.8 Å². The molecule has 0 saturated heterocycles.